The summed E-state index contributed by atoms with van der Waals surface area (Å²) in [5, 5.41) is 3.19. The fourth-order valence-corrected chi connectivity index (χ4v) is 1.99. The van der Waals surface area contributed by atoms with Crippen LogP contribution in [0.1, 0.15) is 29.4 Å². The summed E-state index contributed by atoms with van der Waals surface area (Å²) in [4.78, 5) is 18.3. The molecule has 0 aliphatic heterocycles. The number of pyridine rings is 1. The molecule has 0 radical (unpaired) electrons. The van der Waals surface area contributed by atoms with Gasteiger partial charge in [-0.25, -0.2) is 9.78 Å². The molecule has 1 rings (SSSR count). The van der Waals surface area contributed by atoms with Crippen LogP contribution >= 0.6 is 0 Å². The van der Waals surface area contributed by atoms with Crippen LogP contribution in [0.2, 0.25) is 0 Å². The zero-order chi connectivity index (χ0) is 16.0. The van der Waals surface area contributed by atoms with E-state index in [1.165, 1.54) is 0 Å². The van der Waals surface area contributed by atoms with Gasteiger partial charge in [0.25, 0.3) is 0 Å². The van der Waals surface area contributed by atoms with E-state index in [1.807, 2.05) is 14.1 Å². The summed E-state index contributed by atoms with van der Waals surface area (Å²) in [5.41, 5.74) is 13.4. The number of carbonyl (C=O) groups excluding carboxylic acids is 1. The lowest BCUT2D eigenvalue weighted by atomic mass is 10.1. The normalized spacial score (nSPS) is 10.7. The van der Waals surface area contributed by atoms with E-state index in [0.717, 1.165) is 13.0 Å². The number of hydrogen-bond acceptors (Lipinski definition) is 7. The number of carbonyl (C=O) groups is 1. The fraction of sp³-hybridized carbons (Fsp3) is 0.571. The van der Waals surface area contributed by atoms with E-state index in [1.54, 1.807) is 13.8 Å². The third kappa shape index (κ3) is 4.49. The largest absolute Gasteiger partial charge is 0.462 e. The van der Waals surface area contributed by atoms with Gasteiger partial charge in [0.2, 0.25) is 0 Å². The van der Waals surface area contributed by atoms with Gasteiger partial charge in [0.1, 0.15) is 11.4 Å². The molecule has 0 amide bonds. The zero-order valence-electron chi connectivity index (χ0n) is 13.2. The van der Waals surface area contributed by atoms with Gasteiger partial charge >= 0.3 is 5.97 Å². The number of aryl methyl sites for hydroxylation is 1. The molecule has 0 spiro atoms. The van der Waals surface area contributed by atoms with Crippen LogP contribution in [-0.2, 0) is 4.74 Å². The second-order valence-electron chi connectivity index (χ2n) is 5.05. The number of anilines is 3. The quantitative estimate of drug-likeness (QED) is 0.510. The minimum absolute atomic E-state index is 0.218. The third-order valence-electron chi connectivity index (χ3n) is 3.01. The van der Waals surface area contributed by atoms with Crippen molar-refractivity contribution in [2.75, 3.05) is 50.6 Å². The smallest absolute Gasteiger partial charge is 0.342 e. The van der Waals surface area contributed by atoms with Gasteiger partial charge in [0, 0.05) is 6.54 Å². The summed E-state index contributed by atoms with van der Waals surface area (Å²) in [6.45, 7) is 5.38. The van der Waals surface area contributed by atoms with Crippen molar-refractivity contribution < 1.29 is 9.53 Å². The molecule has 0 aliphatic rings. The summed E-state index contributed by atoms with van der Waals surface area (Å²) in [7, 11) is 4.01. The van der Waals surface area contributed by atoms with Gasteiger partial charge in [-0.3, -0.25) is 0 Å². The summed E-state index contributed by atoms with van der Waals surface area (Å²) in [5.74, 6) is -0.222. The van der Waals surface area contributed by atoms with E-state index in [4.69, 9.17) is 16.2 Å². The Morgan fingerprint density at radius 1 is 1.38 bits per heavy atom. The van der Waals surface area contributed by atoms with Crippen LogP contribution in [0.3, 0.4) is 0 Å². The Bertz CT molecular complexity index is 503. The van der Waals surface area contributed by atoms with Crippen molar-refractivity contribution in [2.45, 2.75) is 20.3 Å². The van der Waals surface area contributed by atoms with Crippen molar-refractivity contribution >= 4 is 23.2 Å². The molecule has 0 bridgehead atoms. The molecular weight excluding hydrogens is 270 g/mol. The number of esters is 1. The number of ether oxygens (including phenoxy) is 1. The molecule has 118 valence electrons. The zero-order valence-corrected chi connectivity index (χ0v) is 13.2. The lowest BCUT2D eigenvalue weighted by Gasteiger charge is -2.17. The third-order valence-corrected chi connectivity index (χ3v) is 3.01. The van der Waals surface area contributed by atoms with Crippen molar-refractivity contribution in [1.82, 2.24) is 9.88 Å². The number of aromatic nitrogens is 1. The topological polar surface area (TPSA) is 106 Å². The molecule has 0 saturated heterocycles. The van der Waals surface area contributed by atoms with Crippen LogP contribution in [0, 0.1) is 6.92 Å². The van der Waals surface area contributed by atoms with Gasteiger partial charge in [-0.1, -0.05) is 0 Å². The Morgan fingerprint density at radius 3 is 2.62 bits per heavy atom. The van der Waals surface area contributed by atoms with Gasteiger partial charge in [0.05, 0.1) is 23.7 Å². The molecule has 0 saturated carbocycles. The predicted molar refractivity (Wildman–Crippen MR) is 85.4 cm³/mol. The first-order chi connectivity index (χ1) is 9.88. The summed E-state index contributed by atoms with van der Waals surface area (Å²) < 4.78 is 5.07. The summed E-state index contributed by atoms with van der Waals surface area (Å²) in [6, 6.07) is 0. The van der Waals surface area contributed by atoms with Crippen LogP contribution in [-0.4, -0.2) is 49.6 Å². The van der Waals surface area contributed by atoms with Crippen molar-refractivity contribution in [3.63, 3.8) is 0 Å². The number of hydrogen-bond donors (Lipinski definition) is 3. The second kappa shape index (κ2) is 7.68. The highest BCUT2D eigenvalue weighted by atomic mass is 16.5. The maximum atomic E-state index is 12.1. The number of nitrogens with two attached hydrogens (primary N) is 2. The molecule has 1 aromatic rings. The molecule has 0 unspecified atom stereocenters. The second-order valence-corrected chi connectivity index (χ2v) is 5.05. The highest BCUT2D eigenvalue weighted by Crippen LogP contribution is 2.30. The van der Waals surface area contributed by atoms with Crippen molar-refractivity contribution in [2.24, 2.45) is 0 Å². The monoisotopic (exact) mass is 295 g/mol. The van der Waals surface area contributed by atoms with Gasteiger partial charge in [-0.15, -0.1) is 0 Å². The van der Waals surface area contributed by atoms with E-state index >= 15 is 0 Å². The minimum Gasteiger partial charge on any atom is -0.462 e. The highest BCUT2D eigenvalue weighted by molar-refractivity contribution is 6.01. The SMILES string of the molecule is CCOC(=O)c1c(C)nc(N)c(N)c1NCCCN(C)C. The Labute approximate surface area is 125 Å². The lowest BCUT2D eigenvalue weighted by molar-refractivity contribution is 0.0526. The summed E-state index contributed by atoms with van der Waals surface area (Å²) >= 11 is 0. The molecule has 0 fully saturated rings. The van der Waals surface area contributed by atoms with E-state index < -0.39 is 5.97 Å². The molecule has 1 heterocycles. The molecule has 0 aliphatic carbocycles. The lowest BCUT2D eigenvalue weighted by Crippen LogP contribution is -2.19. The first-order valence-electron chi connectivity index (χ1n) is 6.99. The van der Waals surface area contributed by atoms with Crippen LogP contribution in [0.4, 0.5) is 17.2 Å². The van der Waals surface area contributed by atoms with Crippen molar-refractivity contribution in [1.29, 1.82) is 0 Å². The molecule has 7 heteroatoms. The molecule has 0 atom stereocenters. The van der Waals surface area contributed by atoms with Crippen LogP contribution in [0.15, 0.2) is 0 Å². The molecule has 21 heavy (non-hydrogen) atoms. The minimum atomic E-state index is -0.440. The number of nitrogens with zero attached hydrogens (tertiary/aromatic N) is 2. The van der Waals surface area contributed by atoms with Crippen molar-refractivity contribution in [3.05, 3.63) is 11.3 Å². The summed E-state index contributed by atoms with van der Waals surface area (Å²) in [6.07, 6.45) is 0.913. The maximum absolute atomic E-state index is 12.1. The van der Waals surface area contributed by atoms with Crippen LogP contribution in [0.5, 0.6) is 0 Å². The van der Waals surface area contributed by atoms with Gasteiger partial charge in [-0.2, -0.15) is 0 Å². The first kappa shape index (κ1) is 17.0. The average Bonchev–Trinajstić information content (AvgIpc) is 2.39. The van der Waals surface area contributed by atoms with Gasteiger partial charge < -0.3 is 26.4 Å². The molecular formula is C14H25N5O2. The maximum Gasteiger partial charge on any atom is 0.342 e. The Kier molecular flexibility index (Phi) is 6.23. The van der Waals surface area contributed by atoms with E-state index in [9.17, 15) is 4.79 Å². The first-order valence-corrected chi connectivity index (χ1v) is 6.99. The Balaban J connectivity index is 3.00. The van der Waals surface area contributed by atoms with E-state index in [0.29, 0.717) is 30.1 Å². The van der Waals surface area contributed by atoms with E-state index in [-0.39, 0.29) is 11.5 Å². The van der Waals surface area contributed by atoms with Crippen LogP contribution < -0.4 is 16.8 Å². The number of nitrogen functional groups attached to an aromatic ring is 2. The molecule has 5 N–H and O–H groups in total. The Hall–Kier alpha value is -2.02. The predicted octanol–water partition coefficient (Wildman–Crippen LogP) is 1.09. The van der Waals surface area contributed by atoms with Gasteiger partial charge in [0.15, 0.2) is 0 Å². The number of nitrogens with one attached hydrogen (secondary N) is 1. The van der Waals surface area contributed by atoms with Crippen LogP contribution in [0.25, 0.3) is 0 Å². The average molecular weight is 295 g/mol. The fourth-order valence-electron chi connectivity index (χ4n) is 1.99. The molecule has 0 aromatic carbocycles. The molecule has 1 aromatic heterocycles. The standard InChI is InChI=1S/C14H25N5O2/c1-5-21-14(20)10-9(2)18-13(16)11(15)12(10)17-7-6-8-19(3)4/h5-8,15H2,1-4H3,(H3,16,17,18). The number of rotatable bonds is 7. The highest BCUT2D eigenvalue weighted by Gasteiger charge is 2.21. The van der Waals surface area contributed by atoms with Gasteiger partial charge in [-0.05, 0) is 40.9 Å². The van der Waals surface area contributed by atoms with E-state index in [2.05, 4.69) is 15.2 Å². The molecule has 7 nitrogen and oxygen atoms in total. The Morgan fingerprint density at radius 2 is 2.05 bits per heavy atom. The van der Waals surface area contributed by atoms with Crippen molar-refractivity contribution in [3.8, 4) is 0 Å².